The molecule has 0 atom stereocenters. The summed E-state index contributed by atoms with van der Waals surface area (Å²) in [5.41, 5.74) is 2.45. The molecule has 0 unspecified atom stereocenters. The Morgan fingerprint density at radius 1 is 1.86 bits per heavy atom. The van der Waals surface area contributed by atoms with Gasteiger partial charge in [0.1, 0.15) is 0 Å². The summed E-state index contributed by atoms with van der Waals surface area (Å²) in [6.07, 6.45) is 0. The molecular formula is C4H4NOSi. The van der Waals surface area contributed by atoms with Crippen molar-refractivity contribution >= 4 is 16.1 Å². The van der Waals surface area contributed by atoms with Gasteiger partial charge in [0, 0.05) is 12.1 Å². The SMILES string of the molecule is O=C1NC/C1=C\[Si]. The zero-order valence-electron chi connectivity index (χ0n) is 3.69. The van der Waals surface area contributed by atoms with Crippen molar-refractivity contribution in [3.63, 3.8) is 0 Å². The van der Waals surface area contributed by atoms with Crippen molar-refractivity contribution in [2.24, 2.45) is 0 Å². The van der Waals surface area contributed by atoms with E-state index in [1.807, 2.05) is 0 Å². The van der Waals surface area contributed by atoms with Gasteiger partial charge in [-0.15, -0.1) is 0 Å². The molecular weight excluding hydrogens is 106 g/mol. The van der Waals surface area contributed by atoms with Crippen LogP contribution in [0.1, 0.15) is 0 Å². The molecule has 1 fully saturated rings. The van der Waals surface area contributed by atoms with E-state index < -0.39 is 0 Å². The molecule has 1 saturated heterocycles. The summed E-state index contributed by atoms with van der Waals surface area (Å²) in [6.45, 7) is 0.711. The van der Waals surface area contributed by atoms with E-state index in [9.17, 15) is 4.79 Å². The van der Waals surface area contributed by atoms with Gasteiger partial charge in [-0.05, 0) is 0 Å². The fraction of sp³-hybridized carbons (Fsp3) is 0.250. The molecule has 2 nitrogen and oxygen atoms in total. The number of rotatable bonds is 0. The lowest BCUT2D eigenvalue weighted by Gasteiger charge is -2.16. The van der Waals surface area contributed by atoms with Crippen LogP contribution < -0.4 is 5.32 Å². The number of carbonyl (C=O) groups excluding carboxylic acids is 1. The third-order valence-electron chi connectivity index (χ3n) is 0.905. The predicted molar refractivity (Wildman–Crippen MR) is 26.8 cm³/mol. The normalized spacial score (nSPS) is 24.1. The van der Waals surface area contributed by atoms with Crippen molar-refractivity contribution in [1.82, 2.24) is 5.32 Å². The highest BCUT2D eigenvalue weighted by Gasteiger charge is 2.16. The molecule has 1 amide bonds. The van der Waals surface area contributed by atoms with E-state index in [1.165, 1.54) is 0 Å². The summed E-state index contributed by atoms with van der Waals surface area (Å²) in [7, 11) is 3.09. The zero-order valence-corrected chi connectivity index (χ0v) is 4.69. The molecule has 0 aromatic carbocycles. The number of hydrogen-bond acceptors (Lipinski definition) is 1. The molecule has 1 heterocycles. The average molecular weight is 110 g/mol. The molecule has 1 rings (SSSR count). The highest BCUT2D eigenvalue weighted by atomic mass is 28.1. The van der Waals surface area contributed by atoms with Crippen LogP contribution in [0.4, 0.5) is 0 Å². The van der Waals surface area contributed by atoms with E-state index in [4.69, 9.17) is 0 Å². The first-order valence-electron chi connectivity index (χ1n) is 1.99. The fourth-order valence-corrected chi connectivity index (χ4v) is 0.612. The molecule has 1 aliphatic heterocycles. The first-order valence-corrected chi connectivity index (χ1v) is 2.57. The van der Waals surface area contributed by atoms with E-state index in [-0.39, 0.29) is 5.91 Å². The van der Waals surface area contributed by atoms with Gasteiger partial charge in [-0.1, -0.05) is 5.70 Å². The Kier molecular flexibility index (Phi) is 0.980. The Morgan fingerprint density at radius 2 is 2.57 bits per heavy atom. The van der Waals surface area contributed by atoms with Crippen molar-refractivity contribution in [3.05, 3.63) is 11.3 Å². The standard InChI is InChI=1S/C4H4NOSi/c6-4-3(2-7)1-5-4/h2H,1H2,(H,5,6)/b3-2+. The molecule has 7 heavy (non-hydrogen) atoms. The lowest BCUT2D eigenvalue weighted by atomic mass is 10.2. The lowest BCUT2D eigenvalue weighted by molar-refractivity contribution is -0.120. The smallest absolute Gasteiger partial charge is 0.248 e. The number of hydrogen-bond donors (Lipinski definition) is 1. The third-order valence-corrected chi connectivity index (χ3v) is 1.25. The van der Waals surface area contributed by atoms with Crippen LogP contribution in [0, 0.1) is 0 Å². The molecule has 0 saturated carbocycles. The summed E-state index contributed by atoms with van der Waals surface area (Å²) in [5, 5.41) is 2.57. The van der Waals surface area contributed by atoms with Crippen molar-refractivity contribution in [1.29, 1.82) is 0 Å². The quantitative estimate of drug-likeness (QED) is 0.246. The van der Waals surface area contributed by atoms with Gasteiger partial charge < -0.3 is 5.32 Å². The van der Waals surface area contributed by atoms with Gasteiger partial charge in [-0.25, -0.2) is 0 Å². The van der Waals surface area contributed by atoms with Gasteiger partial charge in [0.05, 0.1) is 10.2 Å². The maximum absolute atomic E-state index is 10.3. The summed E-state index contributed by atoms with van der Waals surface area (Å²) < 4.78 is 0. The second-order valence-corrected chi connectivity index (χ2v) is 1.64. The number of carbonyl (C=O) groups is 1. The number of amides is 1. The minimum Gasteiger partial charge on any atom is -0.348 e. The van der Waals surface area contributed by atoms with E-state index in [0.717, 1.165) is 5.57 Å². The van der Waals surface area contributed by atoms with E-state index >= 15 is 0 Å². The molecule has 1 N–H and O–H groups in total. The van der Waals surface area contributed by atoms with Crippen LogP contribution in [0.5, 0.6) is 0 Å². The van der Waals surface area contributed by atoms with Crippen LogP contribution >= 0.6 is 0 Å². The monoisotopic (exact) mass is 110 g/mol. The van der Waals surface area contributed by atoms with Gasteiger partial charge in [0.2, 0.25) is 5.91 Å². The Morgan fingerprint density at radius 3 is 2.57 bits per heavy atom. The summed E-state index contributed by atoms with van der Waals surface area (Å²) in [5.74, 6) is 0.0370. The first-order chi connectivity index (χ1) is 3.34. The van der Waals surface area contributed by atoms with Crippen LogP contribution in [-0.2, 0) is 4.79 Å². The Hall–Kier alpha value is -0.573. The van der Waals surface area contributed by atoms with E-state index in [2.05, 4.69) is 15.6 Å². The topological polar surface area (TPSA) is 29.1 Å². The van der Waals surface area contributed by atoms with E-state index in [1.54, 1.807) is 5.70 Å². The van der Waals surface area contributed by atoms with Gasteiger partial charge in [0.15, 0.2) is 0 Å². The maximum Gasteiger partial charge on any atom is 0.248 e. The molecule has 0 aromatic rings. The zero-order chi connectivity index (χ0) is 5.28. The molecule has 0 bridgehead atoms. The van der Waals surface area contributed by atoms with Gasteiger partial charge in [0.25, 0.3) is 0 Å². The van der Waals surface area contributed by atoms with Gasteiger partial charge >= 0.3 is 0 Å². The van der Waals surface area contributed by atoms with Crippen molar-refractivity contribution in [2.75, 3.05) is 6.54 Å². The third kappa shape index (κ3) is 0.586. The second kappa shape index (κ2) is 1.50. The molecule has 0 aliphatic carbocycles. The number of β-lactam (4-membered cyclic amide) rings is 1. The highest BCUT2D eigenvalue weighted by molar-refractivity contribution is 6.21. The first kappa shape index (κ1) is 4.58. The molecule has 3 radical (unpaired) electrons. The Balaban J connectivity index is 2.61. The van der Waals surface area contributed by atoms with Crippen molar-refractivity contribution < 1.29 is 4.79 Å². The molecule has 0 spiro atoms. The van der Waals surface area contributed by atoms with Crippen LogP contribution in [0.25, 0.3) is 0 Å². The lowest BCUT2D eigenvalue weighted by Crippen LogP contribution is -2.40. The Labute approximate surface area is 45.0 Å². The van der Waals surface area contributed by atoms with Gasteiger partial charge in [-0.3, -0.25) is 4.79 Å². The van der Waals surface area contributed by atoms with Crippen molar-refractivity contribution in [3.8, 4) is 0 Å². The summed E-state index contributed by atoms with van der Waals surface area (Å²) >= 11 is 0. The van der Waals surface area contributed by atoms with Crippen LogP contribution in [0.2, 0.25) is 0 Å². The predicted octanol–water partition coefficient (Wildman–Crippen LogP) is -0.831. The van der Waals surface area contributed by atoms with Gasteiger partial charge in [-0.2, -0.15) is 0 Å². The Bertz CT molecular complexity index is 130. The van der Waals surface area contributed by atoms with Crippen LogP contribution in [-0.4, -0.2) is 22.7 Å². The number of nitrogens with one attached hydrogen (secondary N) is 1. The van der Waals surface area contributed by atoms with Crippen LogP contribution in [0.15, 0.2) is 11.3 Å². The highest BCUT2D eigenvalue weighted by Crippen LogP contribution is 1.98. The second-order valence-electron chi connectivity index (χ2n) is 1.35. The molecule has 0 aromatic heterocycles. The molecule has 35 valence electrons. The summed E-state index contributed by atoms with van der Waals surface area (Å²) in [4.78, 5) is 10.3. The fourth-order valence-electron chi connectivity index (χ4n) is 0.379. The molecule has 3 heteroatoms. The minimum atomic E-state index is 0.0370. The molecule has 1 aliphatic rings. The van der Waals surface area contributed by atoms with Crippen molar-refractivity contribution in [2.45, 2.75) is 0 Å². The minimum absolute atomic E-state index is 0.0370. The summed E-state index contributed by atoms with van der Waals surface area (Å²) in [6, 6.07) is 0. The van der Waals surface area contributed by atoms with E-state index in [0.29, 0.717) is 6.54 Å². The maximum atomic E-state index is 10.3. The average Bonchev–Trinajstić information content (AvgIpc) is 1.65. The largest absolute Gasteiger partial charge is 0.348 e. The van der Waals surface area contributed by atoms with Crippen LogP contribution in [0.3, 0.4) is 0 Å².